The SMILES string of the molecule is O=C(NCC1CCN(Cc2cccnc2)C1)c1ccc(Cl)s1. The zero-order chi connectivity index (χ0) is 15.4. The second kappa shape index (κ2) is 7.22. The van der Waals surface area contributed by atoms with Crippen molar-refractivity contribution in [3.05, 3.63) is 51.4 Å². The number of thiophene rings is 1. The first-order chi connectivity index (χ1) is 10.7. The van der Waals surface area contributed by atoms with Gasteiger partial charge < -0.3 is 5.32 Å². The molecule has 1 fully saturated rings. The molecule has 2 aromatic heterocycles. The molecule has 0 aliphatic carbocycles. The van der Waals surface area contributed by atoms with Crippen molar-refractivity contribution in [1.82, 2.24) is 15.2 Å². The third-order valence-corrected chi connectivity index (χ3v) is 5.08. The number of nitrogens with zero attached hydrogens (tertiary/aromatic N) is 2. The molecule has 0 saturated carbocycles. The van der Waals surface area contributed by atoms with Gasteiger partial charge in [-0.1, -0.05) is 17.7 Å². The Morgan fingerprint density at radius 2 is 2.36 bits per heavy atom. The summed E-state index contributed by atoms with van der Waals surface area (Å²) in [5.74, 6) is 0.485. The summed E-state index contributed by atoms with van der Waals surface area (Å²) in [6.07, 6.45) is 4.82. The van der Waals surface area contributed by atoms with E-state index in [4.69, 9.17) is 11.6 Å². The summed E-state index contributed by atoms with van der Waals surface area (Å²) in [5.41, 5.74) is 1.24. The minimum absolute atomic E-state index is 0.0254. The molecule has 0 aromatic carbocycles. The van der Waals surface area contributed by atoms with Crippen molar-refractivity contribution < 1.29 is 4.79 Å². The van der Waals surface area contributed by atoms with E-state index < -0.39 is 0 Å². The van der Waals surface area contributed by atoms with E-state index in [0.29, 0.717) is 15.1 Å². The van der Waals surface area contributed by atoms with Crippen LogP contribution in [-0.2, 0) is 6.54 Å². The van der Waals surface area contributed by atoms with Crippen LogP contribution in [0.15, 0.2) is 36.7 Å². The molecule has 1 amide bonds. The van der Waals surface area contributed by atoms with Gasteiger partial charge in [0.25, 0.3) is 5.91 Å². The monoisotopic (exact) mass is 335 g/mol. The van der Waals surface area contributed by atoms with Crippen LogP contribution in [0.5, 0.6) is 0 Å². The van der Waals surface area contributed by atoms with Gasteiger partial charge in [-0.05, 0) is 42.6 Å². The minimum Gasteiger partial charge on any atom is -0.351 e. The number of pyridine rings is 1. The highest BCUT2D eigenvalue weighted by Crippen LogP contribution is 2.22. The summed E-state index contributed by atoms with van der Waals surface area (Å²) in [5, 5.41) is 3.01. The molecular weight excluding hydrogens is 318 g/mol. The minimum atomic E-state index is -0.0254. The molecule has 3 heterocycles. The second-order valence-corrected chi connectivity index (χ2v) is 7.28. The van der Waals surface area contributed by atoms with Gasteiger partial charge in [-0.15, -0.1) is 11.3 Å². The van der Waals surface area contributed by atoms with Crippen LogP contribution in [0.3, 0.4) is 0 Å². The van der Waals surface area contributed by atoms with Gasteiger partial charge >= 0.3 is 0 Å². The van der Waals surface area contributed by atoms with Crippen LogP contribution >= 0.6 is 22.9 Å². The summed E-state index contributed by atoms with van der Waals surface area (Å²) in [7, 11) is 0. The highest BCUT2D eigenvalue weighted by atomic mass is 35.5. The lowest BCUT2D eigenvalue weighted by Gasteiger charge is -2.16. The van der Waals surface area contributed by atoms with Gasteiger partial charge in [-0.25, -0.2) is 0 Å². The van der Waals surface area contributed by atoms with E-state index in [1.54, 1.807) is 18.3 Å². The molecular formula is C16H18ClN3OS. The lowest BCUT2D eigenvalue weighted by molar-refractivity contribution is 0.0951. The molecule has 1 unspecified atom stereocenters. The molecule has 1 N–H and O–H groups in total. The molecule has 4 nitrogen and oxygen atoms in total. The Morgan fingerprint density at radius 1 is 1.45 bits per heavy atom. The van der Waals surface area contributed by atoms with Gasteiger partial charge in [0, 0.05) is 32.0 Å². The largest absolute Gasteiger partial charge is 0.351 e. The summed E-state index contributed by atoms with van der Waals surface area (Å²) in [6.45, 7) is 3.73. The van der Waals surface area contributed by atoms with Gasteiger partial charge in [0.1, 0.15) is 0 Å². The average molecular weight is 336 g/mol. The number of halogens is 1. The first-order valence-corrected chi connectivity index (χ1v) is 8.55. The molecule has 116 valence electrons. The van der Waals surface area contributed by atoms with Crippen LogP contribution in [0, 0.1) is 5.92 Å². The van der Waals surface area contributed by atoms with Crippen LogP contribution < -0.4 is 5.32 Å². The number of nitrogens with one attached hydrogen (secondary N) is 1. The van der Waals surface area contributed by atoms with Crippen LogP contribution in [0.2, 0.25) is 4.34 Å². The van der Waals surface area contributed by atoms with Crippen molar-refractivity contribution in [2.75, 3.05) is 19.6 Å². The molecule has 0 bridgehead atoms. The smallest absolute Gasteiger partial charge is 0.261 e. The Balaban J connectivity index is 1.44. The van der Waals surface area contributed by atoms with E-state index in [0.717, 1.165) is 32.6 Å². The van der Waals surface area contributed by atoms with Crippen molar-refractivity contribution in [1.29, 1.82) is 0 Å². The summed E-state index contributed by atoms with van der Waals surface area (Å²) < 4.78 is 0.647. The van der Waals surface area contributed by atoms with Gasteiger partial charge in [0.05, 0.1) is 9.21 Å². The molecule has 3 rings (SSSR count). The highest BCUT2D eigenvalue weighted by Gasteiger charge is 2.23. The fourth-order valence-electron chi connectivity index (χ4n) is 2.73. The Kier molecular flexibility index (Phi) is 5.08. The van der Waals surface area contributed by atoms with E-state index >= 15 is 0 Å². The first-order valence-electron chi connectivity index (χ1n) is 7.35. The molecule has 1 saturated heterocycles. The molecule has 1 aliphatic rings. The number of amides is 1. The number of hydrogen-bond acceptors (Lipinski definition) is 4. The van der Waals surface area contributed by atoms with Crippen molar-refractivity contribution in [3.63, 3.8) is 0 Å². The number of aromatic nitrogens is 1. The summed E-state index contributed by atoms with van der Waals surface area (Å²) in [6, 6.07) is 7.59. The third kappa shape index (κ3) is 4.06. The molecule has 22 heavy (non-hydrogen) atoms. The van der Waals surface area contributed by atoms with Gasteiger partial charge in [0.2, 0.25) is 0 Å². The molecule has 1 atom stereocenters. The van der Waals surface area contributed by atoms with Crippen molar-refractivity contribution in [2.45, 2.75) is 13.0 Å². The van der Waals surface area contributed by atoms with Gasteiger partial charge in [0.15, 0.2) is 0 Å². The maximum atomic E-state index is 12.0. The zero-order valence-electron chi connectivity index (χ0n) is 12.2. The number of likely N-dealkylation sites (tertiary alicyclic amines) is 1. The van der Waals surface area contributed by atoms with E-state index in [1.165, 1.54) is 16.9 Å². The highest BCUT2D eigenvalue weighted by molar-refractivity contribution is 7.17. The van der Waals surface area contributed by atoms with E-state index in [1.807, 2.05) is 12.3 Å². The van der Waals surface area contributed by atoms with Gasteiger partial charge in [-0.2, -0.15) is 0 Å². The summed E-state index contributed by atoms with van der Waals surface area (Å²) >= 11 is 7.17. The van der Waals surface area contributed by atoms with Crippen molar-refractivity contribution in [2.24, 2.45) is 5.92 Å². The van der Waals surface area contributed by atoms with Gasteiger partial charge in [-0.3, -0.25) is 14.7 Å². The Hall–Kier alpha value is -1.43. The predicted molar refractivity (Wildman–Crippen MR) is 89.3 cm³/mol. The maximum absolute atomic E-state index is 12.0. The fraction of sp³-hybridized carbons (Fsp3) is 0.375. The Morgan fingerprint density at radius 3 is 3.09 bits per heavy atom. The normalized spacial score (nSPS) is 18.5. The van der Waals surface area contributed by atoms with Crippen LogP contribution in [-0.4, -0.2) is 35.4 Å². The lowest BCUT2D eigenvalue weighted by Crippen LogP contribution is -2.30. The van der Waals surface area contributed by atoms with Crippen LogP contribution in [0.4, 0.5) is 0 Å². The lowest BCUT2D eigenvalue weighted by atomic mass is 10.1. The molecule has 6 heteroatoms. The quantitative estimate of drug-likeness (QED) is 0.913. The van der Waals surface area contributed by atoms with E-state index in [2.05, 4.69) is 21.3 Å². The zero-order valence-corrected chi connectivity index (χ0v) is 13.7. The number of rotatable bonds is 5. The van der Waals surface area contributed by atoms with E-state index in [-0.39, 0.29) is 5.91 Å². The van der Waals surface area contributed by atoms with Crippen molar-refractivity contribution in [3.8, 4) is 0 Å². The van der Waals surface area contributed by atoms with Crippen LogP contribution in [0.25, 0.3) is 0 Å². The second-order valence-electron chi connectivity index (χ2n) is 5.56. The first kappa shape index (κ1) is 15.5. The summed E-state index contributed by atoms with van der Waals surface area (Å²) in [4.78, 5) is 19.2. The topological polar surface area (TPSA) is 45.2 Å². The third-order valence-electron chi connectivity index (χ3n) is 3.85. The van der Waals surface area contributed by atoms with Crippen molar-refractivity contribution >= 4 is 28.8 Å². The molecule has 2 aromatic rings. The van der Waals surface area contributed by atoms with Crippen LogP contribution in [0.1, 0.15) is 21.7 Å². The Bertz CT molecular complexity index is 631. The average Bonchev–Trinajstić information content (AvgIpc) is 3.15. The molecule has 0 spiro atoms. The number of hydrogen-bond donors (Lipinski definition) is 1. The number of carbonyl (C=O) groups is 1. The number of carbonyl (C=O) groups excluding carboxylic acids is 1. The molecule has 1 aliphatic heterocycles. The standard InChI is InChI=1S/C16H18ClN3OS/c17-15-4-3-14(22-15)16(21)19-9-13-5-7-20(11-13)10-12-2-1-6-18-8-12/h1-4,6,8,13H,5,7,9-11H2,(H,19,21). The maximum Gasteiger partial charge on any atom is 0.261 e. The fourth-order valence-corrected chi connectivity index (χ4v) is 3.69. The van der Waals surface area contributed by atoms with E-state index in [9.17, 15) is 4.79 Å². The molecule has 0 radical (unpaired) electrons. The Labute approximate surface area is 139 Å². The predicted octanol–water partition coefficient (Wildman–Crippen LogP) is 3.05.